The van der Waals surface area contributed by atoms with E-state index in [0.717, 1.165) is 7.11 Å². The molecule has 0 aliphatic rings. The summed E-state index contributed by atoms with van der Waals surface area (Å²) in [5, 5.41) is 51.2. The van der Waals surface area contributed by atoms with Crippen molar-refractivity contribution < 1.29 is 35.0 Å². The molecule has 0 spiro atoms. The van der Waals surface area contributed by atoms with Gasteiger partial charge in [-0.05, 0) is 24.3 Å². The summed E-state index contributed by atoms with van der Waals surface area (Å²) in [6.07, 6.45) is -0.692. The maximum atomic E-state index is 9.79. The van der Waals surface area contributed by atoms with Crippen LogP contribution in [-0.4, -0.2) is 63.9 Å². The van der Waals surface area contributed by atoms with Crippen LogP contribution in [0.4, 0.5) is 0 Å². The lowest BCUT2D eigenvalue weighted by Gasteiger charge is -2.33. The first-order chi connectivity index (χ1) is 10.6. The van der Waals surface area contributed by atoms with Crippen LogP contribution in [0.5, 0.6) is 5.75 Å². The molecule has 0 heterocycles. The fourth-order valence-corrected chi connectivity index (χ4v) is 1.74. The number of hydrogen-bond donors (Lipinski definition) is 6. The van der Waals surface area contributed by atoms with E-state index >= 15 is 0 Å². The van der Waals surface area contributed by atoms with Gasteiger partial charge in [-0.3, -0.25) is 0 Å². The van der Waals surface area contributed by atoms with E-state index in [-0.39, 0.29) is 18.2 Å². The monoisotopic (exact) mass is 331 g/mol. The molecule has 0 bridgehead atoms. The van der Waals surface area contributed by atoms with Gasteiger partial charge in [-0.25, -0.2) is 0 Å². The molecule has 23 heavy (non-hydrogen) atoms. The lowest BCUT2D eigenvalue weighted by atomic mass is 10.0. The largest absolute Gasteiger partial charge is 0.491 e. The third kappa shape index (κ3) is 5.40. The first-order valence-corrected chi connectivity index (χ1v) is 7.19. The van der Waals surface area contributed by atoms with Crippen LogP contribution >= 0.6 is 0 Å². The van der Waals surface area contributed by atoms with E-state index in [1.807, 2.05) is 13.8 Å². The molecule has 0 aliphatic heterocycles. The highest BCUT2D eigenvalue weighted by Gasteiger charge is 2.50. The molecule has 0 saturated heterocycles. The zero-order valence-electron chi connectivity index (χ0n) is 13.4. The standard InChI is InChI=1S/C15H25NO7/c1-10(2)16-8-12(17)9-23-13-6-4-11(5-7-13)14(18,19)15(20,21)22-3/h4-7,10,12,16-21H,8-9H2,1-3H3. The van der Waals surface area contributed by atoms with Crippen molar-refractivity contribution in [2.24, 2.45) is 0 Å². The Morgan fingerprint density at radius 2 is 1.65 bits per heavy atom. The van der Waals surface area contributed by atoms with Crippen molar-refractivity contribution >= 4 is 0 Å². The molecular weight excluding hydrogens is 306 g/mol. The molecule has 0 radical (unpaired) electrons. The number of aliphatic hydroxyl groups is 5. The van der Waals surface area contributed by atoms with Crippen LogP contribution in [0, 0.1) is 0 Å². The second-order valence-electron chi connectivity index (χ2n) is 5.54. The highest BCUT2D eigenvalue weighted by molar-refractivity contribution is 5.30. The number of methoxy groups -OCH3 is 1. The Labute approximate surface area is 134 Å². The first kappa shape index (κ1) is 19.8. The Morgan fingerprint density at radius 1 is 1.09 bits per heavy atom. The molecular formula is C15H25NO7. The van der Waals surface area contributed by atoms with Gasteiger partial charge in [0.1, 0.15) is 18.5 Å². The summed E-state index contributed by atoms with van der Waals surface area (Å²) >= 11 is 0. The number of nitrogens with one attached hydrogen (secondary N) is 1. The Balaban J connectivity index is 2.63. The quantitative estimate of drug-likeness (QED) is 0.313. The first-order valence-electron chi connectivity index (χ1n) is 7.19. The normalized spacial score (nSPS) is 14.1. The summed E-state index contributed by atoms with van der Waals surface area (Å²) in [5.41, 5.74) is -0.196. The van der Waals surface area contributed by atoms with Crippen LogP contribution in [0.1, 0.15) is 19.4 Å². The second-order valence-corrected chi connectivity index (χ2v) is 5.54. The van der Waals surface area contributed by atoms with Crippen LogP contribution < -0.4 is 10.1 Å². The van der Waals surface area contributed by atoms with Gasteiger partial charge in [0.2, 0.25) is 0 Å². The van der Waals surface area contributed by atoms with E-state index in [1.165, 1.54) is 24.3 Å². The predicted molar refractivity (Wildman–Crippen MR) is 81.4 cm³/mol. The van der Waals surface area contributed by atoms with Crippen LogP contribution in [0.3, 0.4) is 0 Å². The van der Waals surface area contributed by atoms with E-state index in [2.05, 4.69) is 10.1 Å². The Bertz CT molecular complexity index is 473. The molecule has 8 heteroatoms. The van der Waals surface area contributed by atoms with Crippen molar-refractivity contribution in [2.45, 2.75) is 37.8 Å². The topological polar surface area (TPSA) is 132 Å². The summed E-state index contributed by atoms with van der Waals surface area (Å²) in [7, 11) is 0.922. The van der Waals surface area contributed by atoms with Crippen molar-refractivity contribution in [3.8, 4) is 5.75 Å². The van der Waals surface area contributed by atoms with Gasteiger partial charge in [0.25, 0.3) is 5.79 Å². The summed E-state index contributed by atoms with van der Waals surface area (Å²) in [5.74, 6) is -5.79. The van der Waals surface area contributed by atoms with Gasteiger partial charge in [-0.15, -0.1) is 0 Å². The number of hydrogen-bond acceptors (Lipinski definition) is 8. The predicted octanol–water partition coefficient (Wildman–Crippen LogP) is -1.15. The van der Waals surface area contributed by atoms with Crippen molar-refractivity contribution in [1.82, 2.24) is 5.32 Å². The number of benzene rings is 1. The molecule has 1 unspecified atom stereocenters. The molecule has 1 aromatic rings. The molecule has 0 aliphatic carbocycles. The fraction of sp³-hybridized carbons (Fsp3) is 0.600. The number of ether oxygens (including phenoxy) is 2. The minimum atomic E-state index is -3.16. The van der Waals surface area contributed by atoms with Crippen LogP contribution in [0.2, 0.25) is 0 Å². The Hall–Kier alpha value is -1.26. The SMILES string of the molecule is COC(O)(O)C(O)(O)c1ccc(OCC(O)CNC(C)C)cc1. The summed E-state index contributed by atoms with van der Waals surface area (Å²) < 4.78 is 9.62. The van der Waals surface area contributed by atoms with Gasteiger partial charge in [0.05, 0.1) is 0 Å². The van der Waals surface area contributed by atoms with Gasteiger partial charge in [-0.1, -0.05) is 13.8 Å². The van der Waals surface area contributed by atoms with Gasteiger partial charge in [0, 0.05) is 25.3 Å². The van der Waals surface area contributed by atoms with E-state index in [1.54, 1.807) is 0 Å². The van der Waals surface area contributed by atoms with Gasteiger partial charge in [0.15, 0.2) is 0 Å². The minimum Gasteiger partial charge on any atom is -0.491 e. The average molecular weight is 331 g/mol. The third-order valence-corrected chi connectivity index (χ3v) is 3.20. The highest BCUT2D eigenvalue weighted by Crippen LogP contribution is 2.30. The van der Waals surface area contributed by atoms with E-state index in [9.17, 15) is 25.5 Å². The van der Waals surface area contributed by atoms with Gasteiger partial charge < -0.3 is 40.3 Å². The molecule has 0 saturated carbocycles. The zero-order chi connectivity index (χ0) is 17.7. The number of aliphatic hydroxyl groups excluding tert-OH is 1. The van der Waals surface area contributed by atoms with Crippen molar-refractivity contribution in [2.75, 3.05) is 20.3 Å². The molecule has 1 aromatic carbocycles. The molecule has 1 rings (SSSR count). The summed E-state index contributed by atoms with van der Waals surface area (Å²) in [6.45, 7) is 4.37. The fourth-order valence-electron chi connectivity index (χ4n) is 1.74. The van der Waals surface area contributed by atoms with Crippen LogP contribution in [-0.2, 0) is 10.5 Å². The maximum absolute atomic E-state index is 9.79. The Morgan fingerprint density at radius 3 is 2.13 bits per heavy atom. The van der Waals surface area contributed by atoms with Gasteiger partial charge >= 0.3 is 5.97 Å². The lowest BCUT2D eigenvalue weighted by molar-refractivity contribution is -0.461. The zero-order valence-corrected chi connectivity index (χ0v) is 13.4. The lowest BCUT2D eigenvalue weighted by Crippen LogP contribution is -2.53. The maximum Gasteiger partial charge on any atom is 0.339 e. The minimum absolute atomic E-state index is 0.0600. The molecule has 1 atom stereocenters. The van der Waals surface area contributed by atoms with Crippen molar-refractivity contribution in [1.29, 1.82) is 0 Å². The third-order valence-electron chi connectivity index (χ3n) is 3.20. The molecule has 0 fully saturated rings. The highest BCUT2D eigenvalue weighted by atomic mass is 16.8. The van der Waals surface area contributed by atoms with Crippen molar-refractivity contribution in [3.05, 3.63) is 29.8 Å². The molecule has 6 N–H and O–H groups in total. The summed E-state index contributed by atoms with van der Waals surface area (Å²) in [6, 6.07) is 5.56. The summed E-state index contributed by atoms with van der Waals surface area (Å²) in [4.78, 5) is 0. The van der Waals surface area contributed by atoms with Gasteiger partial charge in [-0.2, -0.15) is 0 Å². The molecule has 0 aromatic heterocycles. The van der Waals surface area contributed by atoms with Crippen LogP contribution in [0.15, 0.2) is 24.3 Å². The molecule has 132 valence electrons. The van der Waals surface area contributed by atoms with Crippen LogP contribution in [0.25, 0.3) is 0 Å². The van der Waals surface area contributed by atoms with E-state index < -0.39 is 17.9 Å². The Kier molecular flexibility index (Phi) is 6.90. The van der Waals surface area contributed by atoms with E-state index in [4.69, 9.17) is 4.74 Å². The number of rotatable bonds is 9. The smallest absolute Gasteiger partial charge is 0.339 e. The van der Waals surface area contributed by atoms with Crippen molar-refractivity contribution in [3.63, 3.8) is 0 Å². The molecule has 8 nitrogen and oxygen atoms in total. The average Bonchev–Trinajstić information content (AvgIpc) is 2.51. The van der Waals surface area contributed by atoms with E-state index in [0.29, 0.717) is 12.3 Å². The molecule has 0 amide bonds. The second kappa shape index (κ2) is 8.02.